The Morgan fingerprint density at radius 2 is 2.33 bits per heavy atom. The number of furan rings is 1. The number of nitrogens with zero attached hydrogens (tertiary/aromatic N) is 3. The second-order valence-electron chi connectivity index (χ2n) is 4.70. The highest BCUT2D eigenvalue weighted by molar-refractivity contribution is 5.07. The topological polar surface area (TPSA) is 42.2 Å². The van der Waals surface area contributed by atoms with Gasteiger partial charge in [0.1, 0.15) is 12.1 Å². The van der Waals surface area contributed by atoms with E-state index in [0.29, 0.717) is 6.04 Å². The van der Waals surface area contributed by atoms with Crippen LogP contribution >= 0.6 is 0 Å². The molecule has 0 saturated carbocycles. The molecule has 0 amide bonds. The Hall–Kier alpha value is -1.68. The fraction of sp³-hybridized carbons (Fsp3) is 0.429. The molecule has 4 heteroatoms. The van der Waals surface area contributed by atoms with Gasteiger partial charge in [0.05, 0.1) is 24.5 Å². The number of aromatic nitrogens is 2. The minimum absolute atomic E-state index is 0.395. The zero-order valence-corrected chi connectivity index (χ0v) is 10.3. The molecular formula is C14H17N3O. The van der Waals surface area contributed by atoms with Gasteiger partial charge in [-0.3, -0.25) is 4.90 Å². The summed E-state index contributed by atoms with van der Waals surface area (Å²) in [7, 11) is 0. The quantitative estimate of drug-likeness (QED) is 0.831. The lowest BCUT2D eigenvalue weighted by molar-refractivity contribution is 0.127. The molecule has 18 heavy (non-hydrogen) atoms. The normalized spacial score (nSPS) is 21.0. The monoisotopic (exact) mass is 243 g/mol. The van der Waals surface area contributed by atoms with Crippen LogP contribution in [0.25, 0.3) is 0 Å². The van der Waals surface area contributed by atoms with Gasteiger partial charge < -0.3 is 4.42 Å². The molecule has 94 valence electrons. The molecule has 1 atom stereocenters. The summed E-state index contributed by atoms with van der Waals surface area (Å²) in [5.74, 6) is 1.02. The van der Waals surface area contributed by atoms with E-state index in [-0.39, 0.29) is 0 Å². The molecule has 0 bridgehead atoms. The van der Waals surface area contributed by atoms with Gasteiger partial charge in [0.15, 0.2) is 0 Å². The summed E-state index contributed by atoms with van der Waals surface area (Å²) in [5, 5.41) is 0. The molecule has 1 unspecified atom stereocenters. The van der Waals surface area contributed by atoms with Crippen LogP contribution in [0.1, 0.15) is 36.8 Å². The van der Waals surface area contributed by atoms with Crippen LogP contribution in [-0.4, -0.2) is 21.4 Å². The summed E-state index contributed by atoms with van der Waals surface area (Å²) in [6.45, 7) is 1.97. The van der Waals surface area contributed by atoms with Crippen LogP contribution in [0, 0.1) is 0 Å². The first-order valence-electron chi connectivity index (χ1n) is 6.46. The Kier molecular flexibility index (Phi) is 3.37. The SMILES string of the molecule is c1coc(CN2CCCCC2c2ccncn2)c1. The molecule has 2 aromatic rings. The first kappa shape index (κ1) is 11.4. The lowest BCUT2D eigenvalue weighted by Gasteiger charge is -2.34. The van der Waals surface area contributed by atoms with Crippen molar-refractivity contribution < 1.29 is 4.42 Å². The average Bonchev–Trinajstić information content (AvgIpc) is 2.93. The molecule has 0 spiro atoms. The van der Waals surface area contributed by atoms with E-state index in [1.807, 2.05) is 24.4 Å². The zero-order chi connectivity index (χ0) is 12.2. The molecular weight excluding hydrogens is 226 g/mol. The molecule has 1 fully saturated rings. The molecule has 0 aromatic carbocycles. The predicted octanol–water partition coefficient (Wildman–Crippen LogP) is 2.80. The van der Waals surface area contributed by atoms with Crippen molar-refractivity contribution in [2.24, 2.45) is 0 Å². The molecule has 3 rings (SSSR count). The Morgan fingerprint density at radius 3 is 3.11 bits per heavy atom. The summed E-state index contributed by atoms with van der Waals surface area (Å²) >= 11 is 0. The summed E-state index contributed by atoms with van der Waals surface area (Å²) in [5.41, 5.74) is 1.12. The fourth-order valence-electron chi connectivity index (χ4n) is 2.62. The molecule has 2 aromatic heterocycles. The second kappa shape index (κ2) is 5.31. The number of rotatable bonds is 3. The Labute approximate surface area is 107 Å². The van der Waals surface area contributed by atoms with Gasteiger partial charge in [0.25, 0.3) is 0 Å². The van der Waals surface area contributed by atoms with E-state index in [0.717, 1.165) is 31.0 Å². The fourth-order valence-corrected chi connectivity index (χ4v) is 2.62. The Morgan fingerprint density at radius 1 is 1.33 bits per heavy atom. The first-order chi connectivity index (χ1) is 8.93. The number of likely N-dealkylation sites (tertiary alicyclic amines) is 1. The van der Waals surface area contributed by atoms with Crippen LogP contribution in [0.2, 0.25) is 0 Å². The molecule has 1 aliphatic heterocycles. The van der Waals surface area contributed by atoms with Gasteiger partial charge in [-0.25, -0.2) is 9.97 Å². The van der Waals surface area contributed by atoms with E-state index in [4.69, 9.17) is 4.42 Å². The first-order valence-corrected chi connectivity index (χ1v) is 6.46. The molecule has 4 nitrogen and oxygen atoms in total. The van der Waals surface area contributed by atoms with Crippen molar-refractivity contribution in [2.75, 3.05) is 6.54 Å². The predicted molar refractivity (Wildman–Crippen MR) is 67.7 cm³/mol. The lowest BCUT2D eigenvalue weighted by atomic mass is 9.99. The largest absolute Gasteiger partial charge is 0.468 e. The minimum Gasteiger partial charge on any atom is -0.468 e. The summed E-state index contributed by atoms with van der Waals surface area (Å²) in [6, 6.07) is 6.39. The lowest BCUT2D eigenvalue weighted by Crippen LogP contribution is -2.33. The maximum absolute atomic E-state index is 5.45. The zero-order valence-electron chi connectivity index (χ0n) is 10.3. The highest BCUT2D eigenvalue weighted by Crippen LogP contribution is 2.30. The molecule has 0 N–H and O–H groups in total. The second-order valence-corrected chi connectivity index (χ2v) is 4.70. The van der Waals surface area contributed by atoms with Crippen LogP contribution in [0.4, 0.5) is 0 Å². The Bertz CT molecular complexity index is 469. The van der Waals surface area contributed by atoms with Crippen molar-refractivity contribution in [3.63, 3.8) is 0 Å². The standard InChI is InChI=1S/C14H17N3O/c1-2-8-17(10-12-4-3-9-18-12)14(5-1)13-6-7-15-11-16-13/h3-4,6-7,9,11,14H,1-2,5,8,10H2. The van der Waals surface area contributed by atoms with Gasteiger partial charge in [-0.05, 0) is 37.6 Å². The smallest absolute Gasteiger partial charge is 0.117 e. The van der Waals surface area contributed by atoms with Crippen molar-refractivity contribution in [3.05, 3.63) is 48.4 Å². The van der Waals surface area contributed by atoms with Gasteiger partial charge in [0.2, 0.25) is 0 Å². The maximum atomic E-state index is 5.45. The van der Waals surface area contributed by atoms with Crippen LogP contribution in [0.3, 0.4) is 0 Å². The number of hydrogen-bond acceptors (Lipinski definition) is 4. The number of hydrogen-bond donors (Lipinski definition) is 0. The average molecular weight is 243 g/mol. The van der Waals surface area contributed by atoms with Crippen molar-refractivity contribution in [3.8, 4) is 0 Å². The van der Waals surface area contributed by atoms with Gasteiger partial charge >= 0.3 is 0 Å². The molecule has 1 saturated heterocycles. The molecule has 0 aliphatic carbocycles. The summed E-state index contributed by atoms with van der Waals surface area (Å²) < 4.78 is 5.45. The Balaban J connectivity index is 1.78. The van der Waals surface area contributed by atoms with E-state index in [1.54, 1.807) is 12.6 Å². The third-order valence-corrected chi connectivity index (χ3v) is 3.50. The van der Waals surface area contributed by atoms with Crippen LogP contribution in [-0.2, 0) is 6.54 Å². The van der Waals surface area contributed by atoms with Crippen molar-refractivity contribution in [1.29, 1.82) is 0 Å². The third-order valence-electron chi connectivity index (χ3n) is 3.50. The van der Waals surface area contributed by atoms with Gasteiger partial charge in [0, 0.05) is 6.20 Å². The summed E-state index contributed by atoms with van der Waals surface area (Å²) in [4.78, 5) is 10.8. The number of piperidine rings is 1. The van der Waals surface area contributed by atoms with Crippen molar-refractivity contribution in [2.45, 2.75) is 31.8 Å². The van der Waals surface area contributed by atoms with E-state index in [9.17, 15) is 0 Å². The van der Waals surface area contributed by atoms with Crippen molar-refractivity contribution >= 4 is 0 Å². The maximum Gasteiger partial charge on any atom is 0.117 e. The van der Waals surface area contributed by atoms with Crippen molar-refractivity contribution in [1.82, 2.24) is 14.9 Å². The molecule has 3 heterocycles. The van der Waals surface area contributed by atoms with Crippen LogP contribution in [0.15, 0.2) is 41.4 Å². The third kappa shape index (κ3) is 2.43. The highest BCUT2D eigenvalue weighted by atomic mass is 16.3. The van der Waals surface area contributed by atoms with E-state index >= 15 is 0 Å². The van der Waals surface area contributed by atoms with Gasteiger partial charge in [-0.1, -0.05) is 6.42 Å². The van der Waals surface area contributed by atoms with Gasteiger partial charge in [-0.2, -0.15) is 0 Å². The molecule has 0 radical (unpaired) electrons. The van der Waals surface area contributed by atoms with E-state index in [2.05, 4.69) is 14.9 Å². The van der Waals surface area contributed by atoms with E-state index < -0.39 is 0 Å². The van der Waals surface area contributed by atoms with Crippen LogP contribution in [0.5, 0.6) is 0 Å². The summed E-state index contributed by atoms with van der Waals surface area (Å²) in [6.07, 6.45) is 8.87. The van der Waals surface area contributed by atoms with Crippen LogP contribution < -0.4 is 0 Å². The van der Waals surface area contributed by atoms with Gasteiger partial charge in [-0.15, -0.1) is 0 Å². The minimum atomic E-state index is 0.395. The van der Waals surface area contributed by atoms with E-state index in [1.165, 1.54) is 12.8 Å². The highest BCUT2D eigenvalue weighted by Gasteiger charge is 2.25. The molecule has 1 aliphatic rings.